The molecule has 0 aromatic heterocycles. The number of rotatable bonds is 5. The lowest BCUT2D eigenvalue weighted by atomic mass is 10.2. The molecule has 0 aromatic rings. The fraction of sp³-hybridized carbons (Fsp3) is 0.875. The van der Waals surface area contributed by atoms with Crippen molar-refractivity contribution in [2.45, 2.75) is 26.3 Å². The Bertz CT molecular complexity index is 139. The number of hydrogen-bond donors (Lipinski definition) is 1. The van der Waals surface area contributed by atoms with Gasteiger partial charge in [0.25, 0.3) is 5.91 Å². The van der Waals surface area contributed by atoms with Gasteiger partial charge in [0.1, 0.15) is 0 Å². The van der Waals surface area contributed by atoms with Gasteiger partial charge in [-0.1, -0.05) is 6.92 Å². The lowest BCUT2D eigenvalue weighted by Gasteiger charge is -2.16. The minimum atomic E-state index is -0.0576. The van der Waals surface area contributed by atoms with Gasteiger partial charge in [-0.25, -0.2) is 5.06 Å². The second kappa shape index (κ2) is 5.97. The molecule has 1 unspecified atom stereocenters. The third-order valence-electron chi connectivity index (χ3n) is 1.84. The maximum absolute atomic E-state index is 11.1. The summed E-state index contributed by atoms with van der Waals surface area (Å²) in [5, 5.41) is 4.29. The topological polar surface area (TPSA) is 41.6 Å². The summed E-state index contributed by atoms with van der Waals surface area (Å²) in [7, 11) is 3.07. The van der Waals surface area contributed by atoms with Gasteiger partial charge in [0.2, 0.25) is 0 Å². The first-order valence-electron chi connectivity index (χ1n) is 4.15. The number of nitrogens with zero attached hydrogens (tertiary/aromatic N) is 1. The van der Waals surface area contributed by atoms with Crippen molar-refractivity contribution in [3.8, 4) is 0 Å². The van der Waals surface area contributed by atoms with Gasteiger partial charge < -0.3 is 5.32 Å². The molecule has 0 aromatic carbocycles. The Kier molecular flexibility index (Phi) is 5.66. The molecule has 0 aliphatic rings. The fourth-order valence-electron chi connectivity index (χ4n) is 0.619. The average Bonchev–Trinajstić information content (AvgIpc) is 2.11. The number of nitrogens with one attached hydrogen (secondary N) is 1. The third-order valence-corrected chi connectivity index (χ3v) is 1.84. The van der Waals surface area contributed by atoms with Gasteiger partial charge in [-0.3, -0.25) is 9.63 Å². The standard InChI is InChI=1S/C8H18N2O2/c1-5-7(2)9-6-8(11)10(3)12-4/h7,9H,5-6H2,1-4H3. The van der Waals surface area contributed by atoms with Crippen LogP contribution in [-0.2, 0) is 9.63 Å². The molecule has 0 aliphatic heterocycles. The van der Waals surface area contributed by atoms with Crippen LogP contribution in [0.3, 0.4) is 0 Å². The SMILES string of the molecule is CCC(C)NCC(=O)N(C)OC. The first-order chi connectivity index (χ1) is 5.61. The highest BCUT2D eigenvalue weighted by molar-refractivity contribution is 5.76. The predicted molar refractivity (Wildman–Crippen MR) is 47.5 cm³/mol. The number of likely N-dealkylation sites (N-methyl/N-ethyl adjacent to an activating group) is 1. The van der Waals surface area contributed by atoms with Crippen LogP contribution in [-0.4, -0.2) is 37.7 Å². The highest BCUT2D eigenvalue weighted by atomic mass is 16.7. The molecule has 0 saturated heterocycles. The lowest BCUT2D eigenvalue weighted by molar-refractivity contribution is -0.167. The zero-order valence-electron chi connectivity index (χ0n) is 8.26. The van der Waals surface area contributed by atoms with E-state index in [0.29, 0.717) is 12.6 Å². The van der Waals surface area contributed by atoms with E-state index in [-0.39, 0.29) is 5.91 Å². The molecule has 1 amide bonds. The molecule has 4 nitrogen and oxygen atoms in total. The highest BCUT2D eigenvalue weighted by Gasteiger charge is 2.07. The van der Waals surface area contributed by atoms with Gasteiger partial charge in [0, 0.05) is 13.1 Å². The van der Waals surface area contributed by atoms with Crippen molar-refractivity contribution in [2.24, 2.45) is 0 Å². The van der Waals surface area contributed by atoms with Gasteiger partial charge in [-0.05, 0) is 13.3 Å². The molecule has 1 atom stereocenters. The van der Waals surface area contributed by atoms with Crippen molar-refractivity contribution in [1.29, 1.82) is 0 Å². The maximum Gasteiger partial charge on any atom is 0.259 e. The van der Waals surface area contributed by atoms with Crippen molar-refractivity contribution >= 4 is 5.91 Å². The Labute approximate surface area is 73.8 Å². The van der Waals surface area contributed by atoms with Gasteiger partial charge in [-0.2, -0.15) is 0 Å². The number of carbonyl (C=O) groups excluding carboxylic acids is 1. The average molecular weight is 174 g/mol. The predicted octanol–water partition coefficient (Wildman–Crippen LogP) is 0.394. The van der Waals surface area contributed by atoms with Gasteiger partial charge >= 0.3 is 0 Å². The number of hydrogen-bond acceptors (Lipinski definition) is 3. The van der Waals surface area contributed by atoms with E-state index in [0.717, 1.165) is 6.42 Å². The second-order valence-electron chi connectivity index (χ2n) is 2.76. The summed E-state index contributed by atoms with van der Waals surface area (Å²) in [6.45, 7) is 4.45. The quantitative estimate of drug-likeness (QED) is 0.613. The van der Waals surface area contributed by atoms with Crippen molar-refractivity contribution < 1.29 is 9.63 Å². The van der Waals surface area contributed by atoms with Crippen molar-refractivity contribution in [1.82, 2.24) is 10.4 Å². The molecule has 0 saturated carbocycles. The van der Waals surface area contributed by atoms with E-state index >= 15 is 0 Å². The minimum absolute atomic E-state index is 0.0576. The van der Waals surface area contributed by atoms with Gasteiger partial charge in [0.15, 0.2) is 0 Å². The Morgan fingerprint density at radius 1 is 1.67 bits per heavy atom. The molecule has 1 N–H and O–H groups in total. The molecule has 12 heavy (non-hydrogen) atoms. The normalized spacial score (nSPS) is 12.7. The van der Waals surface area contributed by atoms with Crippen LogP contribution < -0.4 is 5.32 Å². The van der Waals surface area contributed by atoms with Crippen LogP contribution in [0.4, 0.5) is 0 Å². The van der Waals surface area contributed by atoms with Crippen LogP contribution in [0.25, 0.3) is 0 Å². The summed E-state index contributed by atoms with van der Waals surface area (Å²) in [6.07, 6.45) is 1.02. The first kappa shape index (κ1) is 11.4. The molecule has 0 spiro atoms. The van der Waals surface area contributed by atoms with Crippen LogP contribution in [0.15, 0.2) is 0 Å². The van der Waals surface area contributed by atoms with Crippen LogP contribution in [0.5, 0.6) is 0 Å². The summed E-state index contributed by atoms with van der Waals surface area (Å²) in [4.78, 5) is 15.9. The Morgan fingerprint density at radius 2 is 2.25 bits per heavy atom. The van der Waals surface area contributed by atoms with Crippen LogP contribution in [0.1, 0.15) is 20.3 Å². The summed E-state index contributed by atoms with van der Waals surface area (Å²) >= 11 is 0. The smallest absolute Gasteiger partial charge is 0.259 e. The summed E-state index contributed by atoms with van der Waals surface area (Å²) in [5.41, 5.74) is 0. The largest absolute Gasteiger partial charge is 0.306 e. The van der Waals surface area contributed by atoms with Crippen LogP contribution in [0.2, 0.25) is 0 Å². The zero-order valence-corrected chi connectivity index (χ0v) is 8.26. The van der Waals surface area contributed by atoms with Crippen molar-refractivity contribution in [3.05, 3.63) is 0 Å². The van der Waals surface area contributed by atoms with E-state index in [1.807, 2.05) is 6.92 Å². The fourth-order valence-corrected chi connectivity index (χ4v) is 0.619. The van der Waals surface area contributed by atoms with Gasteiger partial charge in [-0.15, -0.1) is 0 Å². The molecule has 0 heterocycles. The van der Waals surface area contributed by atoms with Gasteiger partial charge in [0.05, 0.1) is 13.7 Å². The zero-order chi connectivity index (χ0) is 9.56. The highest BCUT2D eigenvalue weighted by Crippen LogP contribution is 1.88. The summed E-state index contributed by atoms with van der Waals surface area (Å²) in [5.74, 6) is -0.0576. The molecule has 0 radical (unpaired) electrons. The van der Waals surface area contributed by atoms with E-state index < -0.39 is 0 Å². The van der Waals surface area contributed by atoms with E-state index in [4.69, 9.17) is 4.84 Å². The van der Waals surface area contributed by atoms with E-state index in [9.17, 15) is 4.79 Å². The molecular formula is C8H18N2O2. The van der Waals surface area contributed by atoms with Crippen LogP contribution >= 0.6 is 0 Å². The lowest BCUT2D eigenvalue weighted by Crippen LogP contribution is -2.38. The molecule has 0 aliphatic carbocycles. The van der Waals surface area contributed by atoms with E-state index in [2.05, 4.69) is 12.2 Å². The molecule has 0 rings (SSSR count). The van der Waals surface area contributed by atoms with Crippen molar-refractivity contribution in [3.63, 3.8) is 0 Å². The summed E-state index contributed by atoms with van der Waals surface area (Å²) in [6, 6.07) is 0.374. The minimum Gasteiger partial charge on any atom is -0.306 e. The molecule has 0 fully saturated rings. The summed E-state index contributed by atoms with van der Waals surface area (Å²) < 4.78 is 0. The first-order valence-corrected chi connectivity index (χ1v) is 4.15. The van der Waals surface area contributed by atoms with E-state index in [1.54, 1.807) is 7.05 Å². The molecule has 72 valence electrons. The Balaban J connectivity index is 3.56. The second-order valence-corrected chi connectivity index (χ2v) is 2.76. The maximum atomic E-state index is 11.1. The number of amides is 1. The molecule has 4 heteroatoms. The Hall–Kier alpha value is -0.610. The Morgan fingerprint density at radius 3 is 2.67 bits per heavy atom. The molecular weight excluding hydrogens is 156 g/mol. The molecule has 0 bridgehead atoms. The number of hydroxylamine groups is 2. The number of carbonyl (C=O) groups is 1. The van der Waals surface area contributed by atoms with E-state index in [1.165, 1.54) is 12.2 Å². The van der Waals surface area contributed by atoms with Crippen LogP contribution in [0, 0.1) is 0 Å². The van der Waals surface area contributed by atoms with Crippen molar-refractivity contribution in [2.75, 3.05) is 20.7 Å². The third kappa shape index (κ3) is 4.31. The monoisotopic (exact) mass is 174 g/mol.